The Morgan fingerprint density at radius 3 is 2.59 bits per heavy atom. The topological polar surface area (TPSA) is 59.3 Å². The predicted octanol–water partition coefficient (Wildman–Crippen LogP) is 1.84. The van der Waals surface area contributed by atoms with Crippen molar-refractivity contribution in [3.8, 4) is 5.69 Å². The minimum Gasteiger partial charge on any atom is -0.478 e. The van der Waals surface area contributed by atoms with Crippen LogP contribution in [0.3, 0.4) is 0 Å². The molecule has 0 aliphatic heterocycles. The van der Waals surface area contributed by atoms with Crippen molar-refractivity contribution in [2.24, 2.45) is 0 Å². The fourth-order valence-corrected chi connectivity index (χ4v) is 1.69. The summed E-state index contributed by atoms with van der Waals surface area (Å²) in [5, 5.41) is 8.86. The Bertz CT molecular complexity index is 629. The SMILES string of the molecule is Cc1cc(C(=O)O)ccc1-n1ccccc1=O. The van der Waals surface area contributed by atoms with Crippen LogP contribution in [0.25, 0.3) is 5.69 Å². The number of nitrogens with zero attached hydrogens (tertiary/aromatic N) is 1. The van der Waals surface area contributed by atoms with Crippen molar-refractivity contribution in [3.63, 3.8) is 0 Å². The Kier molecular flexibility index (Phi) is 2.78. The minimum absolute atomic E-state index is 0.140. The highest BCUT2D eigenvalue weighted by atomic mass is 16.4. The summed E-state index contributed by atoms with van der Waals surface area (Å²) in [7, 11) is 0. The fraction of sp³-hybridized carbons (Fsp3) is 0.0769. The van der Waals surface area contributed by atoms with Gasteiger partial charge in [0.2, 0.25) is 0 Å². The van der Waals surface area contributed by atoms with Crippen LogP contribution >= 0.6 is 0 Å². The standard InChI is InChI=1S/C13H11NO3/c1-9-8-10(13(16)17)5-6-11(9)14-7-3-2-4-12(14)15/h2-8H,1H3,(H,16,17). The highest BCUT2D eigenvalue weighted by molar-refractivity contribution is 5.88. The first-order chi connectivity index (χ1) is 8.09. The Hall–Kier alpha value is -2.36. The Labute approximate surface area is 97.8 Å². The van der Waals surface area contributed by atoms with E-state index in [1.807, 2.05) is 0 Å². The van der Waals surface area contributed by atoms with Gasteiger partial charge in [0.1, 0.15) is 0 Å². The zero-order valence-corrected chi connectivity index (χ0v) is 9.25. The van der Waals surface area contributed by atoms with E-state index in [1.54, 1.807) is 37.4 Å². The van der Waals surface area contributed by atoms with Crippen molar-refractivity contribution in [1.29, 1.82) is 0 Å². The smallest absolute Gasteiger partial charge is 0.335 e. The molecule has 0 spiro atoms. The number of carboxylic acid groups (broad SMARTS) is 1. The van der Waals surface area contributed by atoms with Gasteiger partial charge in [-0.15, -0.1) is 0 Å². The van der Waals surface area contributed by atoms with Gasteiger partial charge >= 0.3 is 5.97 Å². The lowest BCUT2D eigenvalue weighted by atomic mass is 10.1. The van der Waals surface area contributed by atoms with Crippen molar-refractivity contribution >= 4 is 5.97 Å². The van der Waals surface area contributed by atoms with E-state index in [4.69, 9.17) is 5.11 Å². The van der Waals surface area contributed by atoms with E-state index in [2.05, 4.69) is 0 Å². The number of hydrogen-bond acceptors (Lipinski definition) is 2. The molecule has 0 amide bonds. The molecule has 0 atom stereocenters. The third kappa shape index (κ3) is 2.10. The van der Waals surface area contributed by atoms with Crippen LogP contribution in [0.2, 0.25) is 0 Å². The molecular weight excluding hydrogens is 218 g/mol. The molecule has 0 unspecified atom stereocenters. The van der Waals surface area contributed by atoms with Crippen molar-refractivity contribution in [1.82, 2.24) is 4.57 Å². The summed E-state index contributed by atoms with van der Waals surface area (Å²) in [6.07, 6.45) is 1.66. The van der Waals surface area contributed by atoms with Crippen molar-refractivity contribution in [3.05, 3.63) is 64.1 Å². The number of rotatable bonds is 2. The number of carbonyl (C=O) groups is 1. The average Bonchev–Trinajstić information content (AvgIpc) is 2.30. The number of carboxylic acids is 1. The first-order valence-corrected chi connectivity index (χ1v) is 5.11. The molecule has 0 saturated heterocycles. The Balaban J connectivity index is 2.59. The molecule has 2 rings (SSSR count). The number of benzene rings is 1. The van der Waals surface area contributed by atoms with Gasteiger partial charge in [-0.05, 0) is 36.8 Å². The van der Waals surface area contributed by atoms with Crippen LogP contribution in [0.5, 0.6) is 0 Å². The highest BCUT2D eigenvalue weighted by Crippen LogP contribution is 2.14. The summed E-state index contributed by atoms with van der Waals surface area (Å²) in [6.45, 7) is 1.78. The lowest BCUT2D eigenvalue weighted by Crippen LogP contribution is -2.16. The van der Waals surface area contributed by atoms with Crippen LogP contribution in [0.1, 0.15) is 15.9 Å². The molecule has 1 aromatic heterocycles. The first kappa shape index (κ1) is 11.1. The van der Waals surface area contributed by atoms with Crippen LogP contribution in [0.4, 0.5) is 0 Å². The van der Waals surface area contributed by atoms with Crippen molar-refractivity contribution < 1.29 is 9.90 Å². The molecule has 4 nitrogen and oxygen atoms in total. The molecular formula is C13H11NO3. The zero-order chi connectivity index (χ0) is 12.4. The second-order valence-corrected chi connectivity index (χ2v) is 3.72. The number of pyridine rings is 1. The summed E-state index contributed by atoms with van der Waals surface area (Å²) in [5.41, 5.74) is 1.52. The molecule has 2 aromatic rings. The van der Waals surface area contributed by atoms with Crippen LogP contribution in [-0.4, -0.2) is 15.6 Å². The normalized spacial score (nSPS) is 10.2. The quantitative estimate of drug-likeness (QED) is 0.854. The van der Waals surface area contributed by atoms with Gasteiger partial charge in [-0.1, -0.05) is 6.07 Å². The lowest BCUT2D eigenvalue weighted by molar-refractivity contribution is 0.0697. The van der Waals surface area contributed by atoms with Gasteiger partial charge in [0.15, 0.2) is 0 Å². The monoisotopic (exact) mass is 229 g/mol. The number of hydrogen-bond donors (Lipinski definition) is 1. The van der Waals surface area contributed by atoms with Gasteiger partial charge in [0.25, 0.3) is 5.56 Å². The third-order valence-electron chi connectivity index (χ3n) is 2.53. The van der Waals surface area contributed by atoms with Crippen LogP contribution in [0, 0.1) is 6.92 Å². The van der Waals surface area contributed by atoms with Gasteiger partial charge in [0, 0.05) is 12.3 Å². The largest absolute Gasteiger partial charge is 0.478 e. The maximum Gasteiger partial charge on any atom is 0.335 e. The van der Waals surface area contributed by atoms with E-state index >= 15 is 0 Å². The van der Waals surface area contributed by atoms with E-state index in [1.165, 1.54) is 16.7 Å². The van der Waals surface area contributed by atoms with E-state index in [-0.39, 0.29) is 11.1 Å². The van der Waals surface area contributed by atoms with Gasteiger partial charge in [-0.25, -0.2) is 4.79 Å². The Morgan fingerprint density at radius 1 is 1.24 bits per heavy atom. The molecule has 86 valence electrons. The fourth-order valence-electron chi connectivity index (χ4n) is 1.69. The maximum absolute atomic E-state index is 11.6. The van der Waals surface area contributed by atoms with E-state index in [0.29, 0.717) is 5.69 Å². The van der Waals surface area contributed by atoms with Gasteiger partial charge in [0.05, 0.1) is 11.3 Å². The van der Waals surface area contributed by atoms with Crippen LogP contribution < -0.4 is 5.56 Å². The molecule has 1 heterocycles. The number of aryl methyl sites for hydroxylation is 1. The molecule has 1 aromatic carbocycles. The summed E-state index contributed by atoms with van der Waals surface area (Å²) < 4.78 is 1.49. The van der Waals surface area contributed by atoms with E-state index in [0.717, 1.165) is 5.56 Å². The molecule has 0 fully saturated rings. The second kappa shape index (κ2) is 4.25. The highest BCUT2D eigenvalue weighted by Gasteiger charge is 2.07. The van der Waals surface area contributed by atoms with Crippen molar-refractivity contribution in [2.75, 3.05) is 0 Å². The molecule has 4 heteroatoms. The number of aromatic nitrogens is 1. The Morgan fingerprint density at radius 2 is 2.00 bits per heavy atom. The summed E-state index contributed by atoms with van der Waals surface area (Å²) in [6, 6.07) is 9.57. The molecule has 0 radical (unpaired) electrons. The molecule has 1 N–H and O–H groups in total. The summed E-state index contributed by atoms with van der Waals surface area (Å²) >= 11 is 0. The van der Waals surface area contributed by atoms with E-state index in [9.17, 15) is 9.59 Å². The molecule has 17 heavy (non-hydrogen) atoms. The molecule has 0 bridgehead atoms. The molecule has 0 aliphatic carbocycles. The predicted molar refractivity (Wildman–Crippen MR) is 63.7 cm³/mol. The number of aromatic carboxylic acids is 1. The zero-order valence-electron chi connectivity index (χ0n) is 9.25. The van der Waals surface area contributed by atoms with E-state index < -0.39 is 5.97 Å². The summed E-state index contributed by atoms with van der Waals surface area (Å²) in [5.74, 6) is -0.972. The maximum atomic E-state index is 11.6. The average molecular weight is 229 g/mol. The minimum atomic E-state index is -0.972. The van der Waals surface area contributed by atoms with Gasteiger partial charge in [-0.3, -0.25) is 9.36 Å². The van der Waals surface area contributed by atoms with Gasteiger partial charge < -0.3 is 5.11 Å². The summed E-state index contributed by atoms with van der Waals surface area (Å²) in [4.78, 5) is 22.4. The molecule has 0 aliphatic rings. The van der Waals surface area contributed by atoms with Crippen molar-refractivity contribution in [2.45, 2.75) is 6.92 Å². The van der Waals surface area contributed by atoms with Crippen LogP contribution in [0.15, 0.2) is 47.4 Å². The lowest BCUT2D eigenvalue weighted by Gasteiger charge is -2.09. The first-order valence-electron chi connectivity index (χ1n) is 5.11. The third-order valence-corrected chi connectivity index (χ3v) is 2.53. The van der Waals surface area contributed by atoms with Gasteiger partial charge in [-0.2, -0.15) is 0 Å². The molecule has 0 saturated carbocycles. The van der Waals surface area contributed by atoms with Crippen LogP contribution in [-0.2, 0) is 0 Å². The second-order valence-electron chi connectivity index (χ2n) is 3.72.